The van der Waals surface area contributed by atoms with Crippen LogP contribution in [-0.4, -0.2) is 9.97 Å². The normalized spacial score (nSPS) is 10.4. The highest BCUT2D eigenvalue weighted by Gasteiger charge is 2.11. The minimum absolute atomic E-state index is 0.0938. The molecule has 0 saturated carbocycles. The smallest absolute Gasteiger partial charge is 0.167 e. The second-order valence-electron chi connectivity index (χ2n) is 3.93. The quantitative estimate of drug-likeness (QED) is 0.724. The monoisotopic (exact) mass is 304 g/mol. The van der Waals surface area contributed by atoms with Crippen molar-refractivity contribution in [2.75, 3.05) is 5.32 Å². The fourth-order valence-electron chi connectivity index (χ4n) is 1.72. The lowest BCUT2D eigenvalue weighted by Gasteiger charge is -2.08. The summed E-state index contributed by atoms with van der Waals surface area (Å²) in [5, 5.41) is 11.7. The van der Waals surface area contributed by atoms with E-state index in [1.807, 2.05) is 24.3 Å². The van der Waals surface area contributed by atoms with Crippen LogP contribution in [0.5, 0.6) is 0 Å². The summed E-state index contributed by atoms with van der Waals surface area (Å²) >= 11 is 7.15. The Morgan fingerprint density at radius 1 is 1.35 bits per heavy atom. The predicted molar refractivity (Wildman–Crippen MR) is 76.8 cm³/mol. The molecule has 2 heterocycles. The molecule has 98 valence electrons. The first-order chi connectivity index (χ1) is 9.67. The Labute approximate surface area is 122 Å². The molecule has 0 spiro atoms. The van der Waals surface area contributed by atoms with Crippen LogP contribution < -0.4 is 5.32 Å². The maximum Gasteiger partial charge on any atom is 0.167 e. The van der Waals surface area contributed by atoms with E-state index >= 15 is 0 Å². The number of aromatic nitrogens is 2. The second-order valence-corrected chi connectivity index (χ2v) is 5.17. The molecule has 0 atom stereocenters. The number of benzene rings is 1. The largest absolute Gasteiger partial charge is 0.339 e. The molecule has 1 aromatic carbocycles. The molecule has 0 bridgehead atoms. The van der Waals surface area contributed by atoms with Gasteiger partial charge in [0, 0.05) is 5.69 Å². The van der Waals surface area contributed by atoms with Crippen LogP contribution in [-0.2, 0) is 0 Å². The first-order valence-electron chi connectivity index (χ1n) is 5.54. The summed E-state index contributed by atoms with van der Waals surface area (Å²) in [7, 11) is 0. The highest BCUT2D eigenvalue weighted by atomic mass is 35.5. The van der Waals surface area contributed by atoms with Crippen molar-refractivity contribution < 1.29 is 4.39 Å². The number of hydrogen-bond donors (Lipinski definition) is 1. The lowest BCUT2D eigenvalue weighted by molar-refractivity contribution is 0.622. The van der Waals surface area contributed by atoms with E-state index in [4.69, 9.17) is 16.9 Å². The molecule has 0 aliphatic carbocycles. The minimum Gasteiger partial charge on any atom is -0.339 e. The van der Waals surface area contributed by atoms with Crippen molar-refractivity contribution in [2.45, 2.75) is 0 Å². The number of pyridine rings is 1. The average molecular weight is 305 g/mol. The molecule has 4 nitrogen and oxygen atoms in total. The maximum absolute atomic E-state index is 13.3. The Morgan fingerprint density at radius 2 is 2.20 bits per heavy atom. The number of nitrogens with one attached hydrogen (secondary N) is 1. The van der Waals surface area contributed by atoms with Crippen molar-refractivity contribution >= 4 is 44.7 Å². The van der Waals surface area contributed by atoms with Gasteiger partial charge in [0.05, 0.1) is 21.3 Å². The van der Waals surface area contributed by atoms with Gasteiger partial charge in [0.1, 0.15) is 11.9 Å². The fraction of sp³-hybridized carbons (Fsp3) is 0. The summed E-state index contributed by atoms with van der Waals surface area (Å²) in [6.45, 7) is 0. The Bertz CT molecular complexity index is 840. The summed E-state index contributed by atoms with van der Waals surface area (Å²) in [6.07, 6.45) is 0. The zero-order chi connectivity index (χ0) is 14.1. The van der Waals surface area contributed by atoms with Crippen molar-refractivity contribution in [1.29, 1.82) is 5.26 Å². The van der Waals surface area contributed by atoms with Gasteiger partial charge < -0.3 is 5.32 Å². The molecule has 0 radical (unpaired) electrons. The molecular weight excluding hydrogens is 299 g/mol. The average Bonchev–Trinajstić information content (AvgIpc) is 2.90. The molecule has 1 N–H and O–H groups in total. The van der Waals surface area contributed by atoms with Crippen LogP contribution in [0.25, 0.3) is 10.2 Å². The summed E-state index contributed by atoms with van der Waals surface area (Å²) < 4.78 is 14.3. The van der Waals surface area contributed by atoms with E-state index in [-0.39, 0.29) is 16.5 Å². The highest BCUT2D eigenvalue weighted by molar-refractivity contribution is 7.16. The van der Waals surface area contributed by atoms with E-state index in [0.29, 0.717) is 0 Å². The molecular formula is C13H6ClFN4S. The molecule has 3 rings (SSSR count). The van der Waals surface area contributed by atoms with E-state index in [9.17, 15) is 4.39 Å². The molecule has 0 saturated heterocycles. The molecule has 20 heavy (non-hydrogen) atoms. The molecule has 0 aliphatic rings. The molecule has 3 aromatic rings. The molecule has 2 aromatic heterocycles. The van der Waals surface area contributed by atoms with Gasteiger partial charge >= 0.3 is 0 Å². The number of anilines is 2. The highest BCUT2D eigenvalue weighted by Crippen LogP contribution is 2.26. The van der Waals surface area contributed by atoms with Crippen molar-refractivity contribution in [3.8, 4) is 6.07 Å². The van der Waals surface area contributed by atoms with Gasteiger partial charge in [0.2, 0.25) is 0 Å². The predicted octanol–water partition coefficient (Wildman–Crippen LogP) is 4.10. The maximum atomic E-state index is 13.3. The van der Waals surface area contributed by atoms with Crippen LogP contribution in [0.2, 0.25) is 5.15 Å². The van der Waals surface area contributed by atoms with Gasteiger partial charge in [-0.1, -0.05) is 11.6 Å². The number of rotatable bonds is 2. The van der Waals surface area contributed by atoms with Gasteiger partial charge in [-0.05, 0) is 24.3 Å². The van der Waals surface area contributed by atoms with E-state index in [0.717, 1.165) is 22.0 Å². The van der Waals surface area contributed by atoms with E-state index in [1.54, 1.807) is 5.51 Å². The number of thiazole rings is 1. The summed E-state index contributed by atoms with van der Waals surface area (Å²) in [5.74, 6) is -0.491. The van der Waals surface area contributed by atoms with Crippen LogP contribution >= 0.6 is 22.9 Å². The molecule has 7 heteroatoms. The molecule has 0 unspecified atom stereocenters. The molecule has 0 aliphatic heterocycles. The number of nitriles is 1. The third-order valence-corrected chi connectivity index (χ3v) is 3.70. The van der Waals surface area contributed by atoms with Gasteiger partial charge in [-0.3, -0.25) is 0 Å². The van der Waals surface area contributed by atoms with Crippen LogP contribution in [0.1, 0.15) is 5.56 Å². The Morgan fingerprint density at radius 3 is 3.00 bits per heavy atom. The van der Waals surface area contributed by atoms with E-state index in [1.165, 1.54) is 11.3 Å². The van der Waals surface area contributed by atoms with Crippen molar-refractivity contribution in [3.63, 3.8) is 0 Å². The van der Waals surface area contributed by atoms with Crippen molar-refractivity contribution in [2.24, 2.45) is 0 Å². The van der Waals surface area contributed by atoms with Crippen LogP contribution in [0.3, 0.4) is 0 Å². The van der Waals surface area contributed by atoms with Crippen LogP contribution in [0.15, 0.2) is 29.8 Å². The minimum atomic E-state index is -0.716. The second kappa shape index (κ2) is 5.04. The number of fused-ring (bicyclic) bond motifs is 1. The third kappa shape index (κ3) is 2.29. The third-order valence-electron chi connectivity index (χ3n) is 2.65. The standard InChI is InChI=1S/C13H6ClFN4S/c14-12-9(15)3-7(5-16)13(19-12)18-8-1-2-10-11(4-8)20-6-17-10/h1-4,6H,(H,18,19). The van der Waals surface area contributed by atoms with E-state index in [2.05, 4.69) is 15.3 Å². The molecule has 0 fully saturated rings. The van der Waals surface area contributed by atoms with Crippen LogP contribution in [0, 0.1) is 17.1 Å². The van der Waals surface area contributed by atoms with Gasteiger partial charge in [0.25, 0.3) is 0 Å². The SMILES string of the molecule is N#Cc1cc(F)c(Cl)nc1Nc1ccc2ncsc2c1. The van der Waals surface area contributed by atoms with E-state index < -0.39 is 5.82 Å². The number of halogens is 2. The lowest BCUT2D eigenvalue weighted by atomic mass is 10.2. The summed E-state index contributed by atoms with van der Waals surface area (Å²) in [4.78, 5) is 8.03. The van der Waals surface area contributed by atoms with Crippen LogP contribution in [0.4, 0.5) is 15.9 Å². The van der Waals surface area contributed by atoms with Gasteiger partial charge in [-0.2, -0.15) is 5.26 Å². The van der Waals surface area contributed by atoms with Gasteiger partial charge in [-0.25, -0.2) is 14.4 Å². The zero-order valence-electron chi connectivity index (χ0n) is 9.89. The summed E-state index contributed by atoms with van der Waals surface area (Å²) in [6, 6.07) is 8.48. The number of hydrogen-bond acceptors (Lipinski definition) is 5. The fourth-order valence-corrected chi connectivity index (χ4v) is 2.57. The number of nitrogens with zero attached hydrogens (tertiary/aromatic N) is 3. The van der Waals surface area contributed by atoms with Gasteiger partial charge in [0.15, 0.2) is 11.0 Å². The first kappa shape index (κ1) is 12.8. The Hall–Kier alpha value is -2.23. The summed E-state index contributed by atoms with van der Waals surface area (Å²) in [5.41, 5.74) is 3.47. The van der Waals surface area contributed by atoms with Gasteiger partial charge in [-0.15, -0.1) is 11.3 Å². The Balaban J connectivity index is 2.02. The Kier molecular flexibility index (Phi) is 3.22. The van der Waals surface area contributed by atoms with Crippen molar-refractivity contribution in [1.82, 2.24) is 9.97 Å². The van der Waals surface area contributed by atoms with Crippen molar-refractivity contribution in [3.05, 3.63) is 46.3 Å². The lowest BCUT2D eigenvalue weighted by Crippen LogP contribution is -1.99. The topological polar surface area (TPSA) is 61.6 Å². The zero-order valence-corrected chi connectivity index (χ0v) is 11.5. The first-order valence-corrected chi connectivity index (χ1v) is 6.79. The molecule has 0 amide bonds.